The van der Waals surface area contributed by atoms with Gasteiger partial charge in [-0.2, -0.15) is 8.78 Å². The summed E-state index contributed by atoms with van der Waals surface area (Å²) in [5, 5.41) is 8.35. The zero-order valence-electron chi connectivity index (χ0n) is 6.04. The molecule has 0 radical (unpaired) electrons. The van der Waals surface area contributed by atoms with Crippen LogP contribution in [0.3, 0.4) is 0 Å². The molecule has 1 aliphatic rings. The first kappa shape index (κ1) is 8.89. The molecular formula is C6H7F2NO3. The molecule has 4 nitrogen and oxygen atoms in total. The molecule has 0 bridgehead atoms. The molecule has 6 heteroatoms. The highest BCUT2D eigenvalue weighted by Gasteiger charge is 2.38. The summed E-state index contributed by atoms with van der Waals surface area (Å²) in [7, 11) is 0. The number of rotatable bonds is 2. The van der Waals surface area contributed by atoms with Gasteiger partial charge in [-0.05, 0) is 0 Å². The molecule has 0 saturated carbocycles. The van der Waals surface area contributed by atoms with Crippen LogP contribution in [-0.4, -0.2) is 41.4 Å². The molecule has 0 aromatic rings. The predicted octanol–water partition coefficient (Wildman–Crippen LogP) is -0.206. The maximum atomic E-state index is 11.7. The number of carboxylic acid groups (broad SMARTS) is 1. The Bertz CT molecular complexity index is 213. The lowest BCUT2D eigenvalue weighted by Crippen LogP contribution is -2.54. The van der Waals surface area contributed by atoms with Gasteiger partial charge in [0.05, 0.1) is 5.92 Å². The van der Waals surface area contributed by atoms with Crippen molar-refractivity contribution in [3.8, 4) is 0 Å². The molecular weight excluding hydrogens is 172 g/mol. The van der Waals surface area contributed by atoms with Crippen LogP contribution in [0.25, 0.3) is 0 Å². The third-order valence-electron chi connectivity index (χ3n) is 1.73. The Morgan fingerprint density at radius 2 is 1.92 bits per heavy atom. The molecule has 1 heterocycles. The van der Waals surface area contributed by atoms with Crippen LogP contribution in [0, 0.1) is 5.92 Å². The van der Waals surface area contributed by atoms with E-state index >= 15 is 0 Å². The van der Waals surface area contributed by atoms with Gasteiger partial charge in [-0.25, -0.2) is 0 Å². The fraction of sp³-hybridized carbons (Fsp3) is 0.667. The fourth-order valence-electron chi connectivity index (χ4n) is 0.953. The summed E-state index contributed by atoms with van der Waals surface area (Å²) < 4.78 is 23.4. The van der Waals surface area contributed by atoms with E-state index in [0.29, 0.717) is 0 Å². The second-order valence-corrected chi connectivity index (χ2v) is 2.58. The SMILES string of the molecule is O=C(O)C1CN(C(=O)C(F)F)C1. The molecule has 0 aromatic carbocycles. The molecule has 0 aliphatic carbocycles. The Balaban J connectivity index is 2.35. The highest BCUT2D eigenvalue weighted by atomic mass is 19.3. The van der Waals surface area contributed by atoms with Crippen LogP contribution >= 0.6 is 0 Å². The van der Waals surface area contributed by atoms with E-state index in [1.165, 1.54) is 0 Å². The number of halogens is 2. The Kier molecular flexibility index (Phi) is 2.25. The number of carbonyl (C=O) groups excluding carboxylic acids is 1. The van der Waals surface area contributed by atoms with Gasteiger partial charge in [0.15, 0.2) is 0 Å². The smallest absolute Gasteiger partial charge is 0.315 e. The summed E-state index contributed by atoms with van der Waals surface area (Å²) >= 11 is 0. The fourth-order valence-corrected chi connectivity index (χ4v) is 0.953. The van der Waals surface area contributed by atoms with E-state index < -0.39 is 24.2 Å². The van der Waals surface area contributed by atoms with Crippen LogP contribution in [0.4, 0.5) is 8.78 Å². The van der Waals surface area contributed by atoms with Crippen LogP contribution in [-0.2, 0) is 9.59 Å². The zero-order valence-corrected chi connectivity index (χ0v) is 6.04. The highest BCUT2D eigenvalue weighted by Crippen LogP contribution is 2.17. The first-order valence-electron chi connectivity index (χ1n) is 3.32. The Labute approximate surface area is 66.8 Å². The van der Waals surface area contributed by atoms with Crippen LogP contribution in [0.15, 0.2) is 0 Å². The van der Waals surface area contributed by atoms with Crippen LogP contribution in [0.2, 0.25) is 0 Å². The van der Waals surface area contributed by atoms with Gasteiger partial charge in [-0.3, -0.25) is 9.59 Å². The van der Waals surface area contributed by atoms with Crippen molar-refractivity contribution >= 4 is 11.9 Å². The minimum Gasteiger partial charge on any atom is -0.481 e. The van der Waals surface area contributed by atoms with Gasteiger partial charge < -0.3 is 10.0 Å². The summed E-state index contributed by atoms with van der Waals surface area (Å²) in [4.78, 5) is 21.5. The Hall–Kier alpha value is -1.20. The second kappa shape index (κ2) is 3.04. The van der Waals surface area contributed by atoms with Gasteiger partial charge >= 0.3 is 12.4 Å². The molecule has 1 N–H and O–H groups in total. The number of carboxylic acids is 1. The van der Waals surface area contributed by atoms with E-state index in [-0.39, 0.29) is 13.1 Å². The number of hydrogen-bond acceptors (Lipinski definition) is 2. The minimum atomic E-state index is -3.03. The summed E-state index contributed by atoms with van der Waals surface area (Å²) in [6.45, 7) is -0.197. The summed E-state index contributed by atoms with van der Waals surface area (Å²) in [5.74, 6) is -3.01. The molecule has 12 heavy (non-hydrogen) atoms. The summed E-state index contributed by atoms with van der Waals surface area (Å²) in [5.41, 5.74) is 0. The maximum Gasteiger partial charge on any atom is 0.315 e. The molecule has 1 aliphatic heterocycles. The summed E-state index contributed by atoms with van der Waals surface area (Å²) in [6, 6.07) is 0. The van der Waals surface area contributed by atoms with Gasteiger partial charge in [0.25, 0.3) is 5.91 Å². The van der Waals surface area contributed by atoms with E-state index in [4.69, 9.17) is 5.11 Å². The van der Waals surface area contributed by atoms with E-state index in [0.717, 1.165) is 4.90 Å². The lowest BCUT2D eigenvalue weighted by molar-refractivity contribution is -0.158. The molecule has 1 fully saturated rings. The first-order valence-corrected chi connectivity index (χ1v) is 3.32. The monoisotopic (exact) mass is 179 g/mol. The van der Waals surface area contributed by atoms with Crippen molar-refractivity contribution in [2.75, 3.05) is 13.1 Å². The van der Waals surface area contributed by atoms with Crippen molar-refractivity contribution in [2.24, 2.45) is 5.92 Å². The number of carbonyl (C=O) groups is 2. The third-order valence-corrected chi connectivity index (χ3v) is 1.73. The number of nitrogens with zero attached hydrogens (tertiary/aromatic N) is 1. The topological polar surface area (TPSA) is 57.6 Å². The van der Waals surface area contributed by atoms with E-state index in [9.17, 15) is 18.4 Å². The van der Waals surface area contributed by atoms with Gasteiger partial charge in [0.2, 0.25) is 0 Å². The van der Waals surface area contributed by atoms with Crippen molar-refractivity contribution in [1.82, 2.24) is 4.90 Å². The van der Waals surface area contributed by atoms with Crippen LogP contribution < -0.4 is 0 Å². The summed E-state index contributed by atoms with van der Waals surface area (Å²) in [6.07, 6.45) is -3.03. The molecule has 68 valence electrons. The highest BCUT2D eigenvalue weighted by molar-refractivity contribution is 5.83. The number of hydrogen-bond donors (Lipinski definition) is 1. The second-order valence-electron chi connectivity index (χ2n) is 2.58. The number of aliphatic carboxylic acids is 1. The van der Waals surface area contributed by atoms with Crippen molar-refractivity contribution in [3.05, 3.63) is 0 Å². The molecule has 0 aromatic heterocycles. The molecule has 1 amide bonds. The van der Waals surface area contributed by atoms with Crippen LogP contribution in [0.5, 0.6) is 0 Å². The average molecular weight is 179 g/mol. The van der Waals surface area contributed by atoms with Crippen molar-refractivity contribution in [2.45, 2.75) is 6.43 Å². The third kappa shape index (κ3) is 1.51. The van der Waals surface area contributed by atoms with E-state index in [1.54, 1.807) is 0 Å². The molecule has 0 spiro atoms. The van der Waals surface area contributed by atoms with Gasteiger partial charge in [-0.1, -0.05) is 0 Å². The van der Waals surface area contributed by atoms with E-state index in [1.807, 2.05) is 0 Å². The normalized spacial score (nSPS) is 17.8. The van der Waals surface area contributed by atoms with Gasteiger partial charge in [0.1, 0.15) is 0 Å². The van der Waals surface area contributed by atoms with Crippen molar-refractivity contribution in [1.29, 1.82) is 0 Å². The quantitative estimate of drug-likeness (QED) is 0.638. The Morgan fingerprint density at radius 3 is 2.25 bits per heavy atom. The largest absolute Gasteiger partial charge is 0.481 e. The zero-order chi connectivity index (χ0) is 9.30. The van der Waals surface area contributed by atoms with Gasteiger partial charge in [0, 0.05) is 13.1 Å². The molecule has 0 unspecified atom stereocenters. The number of amides is 1. The average Bonchev–Trinajstić information content (AvgIpc) is 1.82. The van der Waals surface area contributed by atoms with Crippen molar-refractivity contribution < 1.29 is 23.5 Å². The van der Waals surface area contributed by atoms with Crippen LogP contribution in [0.1, 0.15) is 0 Å². The molecule has 0 atom stereocenters. The van der Waals surface area contributed by atoms with Gasteiger partial charge in [-0.15, -0.1) is 0 Å². The predicted molar refractivity (Wildman–Crippen MR) is 33.7 cm³/mol. The molecule has 1 rings (SSSR count). The molecule has 1 saturated heterocycles. The lowest BCUT2D eigenvalue weighted by Gasteiger charge is -2.36. The lowest BCUT2D eigenvalue weighted by atomic mass is 10.0. The number of likely N-dealkylation sites (tertiary alicyclic amines) is 1. The van der Waals surface area contributed by atoms with E-state index in [2.05, 4.69) is 0 Å². The first-order chi connectivity index (χ1) is 5.52. The Morgan fingerprint density at radius 1 is 1.42 bits per heavy atom. The minimum absolute atomic E-state index is 0.0987. The standard InChI is InChI=1S/C6H7F2NO3/c7-4(8)5(10)9-1-3(2-9)6(11)12/h3-4H,1-2H2,(H,11,12). The van der Waals surface area contributed by atoms with Crippen molar-refractivity contribution in [3.63, 3.8) is 0 Å². The maximum absolute atomic E-state index is 11.7. The number of alkyl halides is 2.